The summed E-state index contributed by atoms with van der Waals surface area (Å²) in [7, 11) is 0. The fourth-order valence-corrected chi connectivity index (χ4v) is 3.66. The second-order valence-corrected chi connectivity index (χ2v) is 7.66. The van der Waals surface area contributed by atoms with Crippen LogP contribution in [-0.2, 0) is 0 Å². The van der Waals surface area contributed by atoms with E-state index in [1.807, 2.05) is 30.3 Å². The zero-order valence-corrected chi connectivity index (χ0v) is 18.0. The molecular weight excluding hydrogens is 367 g/mol. The summed E-state index contributed by atoms with van der Waals surface area (Å²) in [6, 6.07) is 10.2. The number of nitrogens with zero attached hydrogens (tertiary/aromatic N) is 1. The van der Waals surface area contributed by atoms with Crippen molar-refractivity contribution in [2.45, 2.75) is 64.5 Å². The Hall–Kier alpha value is -0.320. The molecule has 5 heteroatoms. The zero-order chi connectivity index (χ0) is 17.2. The van der Waals surface area contributed by atoms with Crippen molar-refractivity contribution in [2.75, 3.05) is 26.2 Å². The van der Waals surface area contributed by atoms with Crippen molar-refractivity contribution >= 4 is 24.8 Å². The number of nitrogens with one attached hydrogen (secondary N) is 1. The third kappa shape index (κ3) is 9.57. The van der Waals surface area contributed by atoms with Gasteiger partial charge in [0.05, 0.1) is 6.10 Å². The fraction of sp³-hybridized carbons (Fsp3) is 0.714. The highest BCUT2D eigenvalue weighted by molar-refractivity contribution is 5.85. The Morgan fingerprint density at radius 2 is 1.62 bits per heavy atom. The molecule has 2 atom stereocenters. The highest BCUT2D eigenvalue weighted by atomic mass is 35.5. The van der Waals surface area contributed by atoms with E-state index in [4.69, 9.17) is 0 Å². The molecule has 1 aliphatic rings. The van der Waals surface area contributed by atoms with Crippen LogP contribution in [0.4, 0.5) is 0 Å². The molecule has 3 nitrogen and oxygen atoms in total. The lowest BCUT2D eigenvalue weighted by Crippen LogP contribution is -2.38. The molecule has 0 radical (unpaired) electrons. The van der Waals surface area contributed by atoms with Gasteiger partial charge in [-0.2, -0.15) is 0 Å². The van der Waals surface area contributed by atoms with E-state index < -0.39 is 6.10 Å². The van der Waals surface area contributed by atoms with Crippen LogP contribution in [0.1, 0.15) is 64.0 Å². The predicted molar refractivity (Wildman–Crippen MR) is 117 cm³/mol. The topological polar surface area (TPSA) is 35.5 Å². The summed E-state index contributed by atoms with van der Waals surface area (Å²) in [6.07, 6.45) is 7.25. The Labute approximate surface area is 172 Å². The van der Waals surface area contributed by atoms with Gasteiger partial charge in [0.2, 0.25) is 0 Å². The maximum absolute atomic E-state index is 10.7. The van der Waals surface area contributed by atoms with Gasteiger partial charge in [-0.3, -0.25) is 0 Å². The first-order valence-corrected chi connectivity index (χ1v) is 9.85. The van der Waals surface area contributed by atoms with E-state index >= 15 is 0 Å². The minimum atomic E-state index is -0.424. The normalized spacial score (nSPS) is 17.7. The van der Waals surface area contributed by atoms with Gasteiger partial charge in [0.1, 0.15) is 0 Å². The minimum absolute atomic E-state index is 0. The Bertz CT molecular complexity index is 437. The number of aliphatic hydroxyl groups is 1. The second-order valence-electron chi connectivity index (χ2n) is 7.66. The third-order valence-electron chi connectivity index (χ3n) is 5.00. The van der Waals surface area contributed by atoms with Crippen molar-refractivity contribution in [2.24, 2.45) is 5.92 Å². The SMILES string of the molecule is CC(C)CC(NCCCN1CCCCCC1)C(O)c1ccccc1.Cl.Cl. The lowest BCUT2D eigenvalue weighted by molar-refractivity contribution is 0.116. The molecule has 26 heavy (non-hydrogen) atoms. The molecule has 2 N–H and O–H groups in total. The molecule has 0 spiro atoms. The first-order valence-electron chi connectivity index (χ1n) is 9.85. The van der Waals surface area contributed by atoms with Crippen LogP contribution in [0.3, 0.4) is 0 Å². The molecule has 1 aromatic carbocycles. The number of aliphatic hydroxyl groups excluding tert-OH is 1. The van der Waals surface area contributed by atoms with Crippen LogP contribution < -0.4 is 5.32 Å². The Morgan fingerprint density at radius 3 is 2.19 bits per heavy atom. The molecular formula is C21H38Cl2N2O. The summed E-state index contributed by atoms with van der Waals surface area (Å²) in [6.45, 7) is 9.15. The number of likely N-dealkylation sites (tertiary alicyclic amines) is 1. The predicted octanol–water partition coefficient (Wildman–Crippen LogP) is 4.83. The van der Waals surface area contributed by atoms with Crippen LogP contribution in [-0.4, -0.2) is 42.2 Å². The first-order chi connectivity index (χ1) is 11.7. The number of benzene rings is 1. The maximum Gasteiger partial charge on any atom is 0.0943 e. The molecule has 0 saturated carbocycles. The van der Waals surface area contributed by atoms with Crippen molar-refractivity contribution in [3.8, 4) is 0 Å². The molecule has 1 heterocycles. The van der Waals surface area contributed by atoms with Crippen molar-refractivity contribution in [1.29, 1.82) is 0 Å². The zero-order valence-electron chi connectivity index (χ0n) is 16.4. The summed E-state index contributed by atoms with van der Waals surface area (Å²) >= 11 is 0. The standard InChI is InChI=1S/C21H36N2O.2ClH/c1-18(2)17-20(21(24)19-11-6-5-7-12-19)22-13-10-16-23-14-8-3-4-9-15-23;;/h5-7,11-12,18,20-22,24H,3-4,8-10,13-17H2,1-2H3;2*1H. The number of hydrogen-bond acceptors (Lipinski definition) is 3. The number of halogens is 2. The summed E-state index contributed by atoms with van der Waals surface area (Å²) in [5.41, 5.74) is 1.02. The summed E-state index contributed by atoms with van der Waals surface area (Å²) in [5.74, 6) is 0.575. The van der Waals surface area contributed by atoms with Gasteiger partial charge < -0.3 is 15.3 Å². The first kappa shape index (κ1) is 25.7. The van der Waals surface area contributed by atoms with Crippen molar-refractivity contribution < 1.29 is 5.11 Å². The van der Waals surface area contributed by atoms with Gasteiger partial charge in [0.15, 0.2) is 0 Å². The quantitative estimate of drug-likeness (QED) is 0.578. The molecule has 1 saturated heterocycles. The van der Waals surface area contributed by atoms with Crippen LogP contribution in [0.5, 0.6) is 0 Å². The van der Waals surface area contributed by atoms with E-state index in [-0.39, 0.29) is 30.9 Å². The number of hydrogen-bond donors (Lipinski definition) is 2. The smallest absolute Gasteiger partial charge is 0.0943 e. The molecule has 1 aromatic rings. The van der Waals surface area contributed by atoms with Crippen LogP contribution in [0.25, 0.3) is 0 Å². The van der Waals surface area contributed by atoms with E-state index in [1.165, 1.54) is 45.3 Å². The fourth-order valence-electron chi connectivity index (χ4n) is 3.66. The van der Waals surface area contributed by atoms with Crippen LogP contribution >= 0.6 is 24.8 Å². The van der Waals surface area contributed by atoms with E-state index in [0.717, 1.165) is 24.9 Å². The monoisotopic (exact) mass is 404 g/mol. The van der Waals surface area contributed by atoms with Crippen LogP contribution in [0.15, 0.2) is 30.3 Å². The molecule has 2 unspecified atom stereocenters. The second kappa shape index (κ2) is 14.7. The summed E-state index contributed by atoms with van der Waals surface area (Å²) in [5, 5.41) is 14.4. The van der Waals surface area contributed by atoms with Gasteiger partial charge >= 0.3 is 0 Å². The molecule has 1 aliphatic heterocycles. The van der Waals surface area contributed by atoms with Crippen molar-refractivity contribution in [1.82, 2.24) is 10.2 Å². The van der Waals surface area contributed by atoms with E-state index in [1.54, 1.807) is 0 Å². The molecule has 0 bridgehead atoms. The van der Waals surface area contributed by atoms with Crippen molar-refractivity contribution in [3.05, 3.63) is 35.9 Å². The molecule has 152 valence electrons. The lowest BCUT2D eigenvalue weighted by Gasteiger charge is -2.27. The maximum atomic E-state index is 10.7. The molecule has 0 amide bonds. The summed E-state index contributed by atoms with van der Waals surface area (Å²) in [4.78, 5) is 2.61. The van der Waals surface area contributed by atoms with Gasteiger partial charge in [-0.25, -0.2) is 0 Å². The van der Waals surface area contributed by atoms with Gasteiger partial charge in [-0.15, -0.1) is 24.8 Å². The van der Waals surface area contributed by atoms with Gasteiger partial charge in [-0.1, -0.05) is 57.0 Å². The highest BCUT2D eigenvalue weighted by Crippen LogP contribution is 2.21. The minimum Gasteiger partial charge on any atom is -0.387 e. The number of rotatable bonds is 9. The molecule has 0 aliphatic carbocycles. The van der Waals surface area contributed by atoms with Gasteiger partial charge in [0.25, 0.3) is 0 Å². The van der Waals surface area contributed by atoms with E-state index in [0.29, 0.717) is 5.92 Å². The van der Waals surface area contributed by atoms with Gasteiger partial charge in [0, 0.05) is 6.04 Å². The highest BCUT2D eigenvalue weighted by Gasteiger charge is 2.21. The average molecular weight is 405 g/mol. The Balaban J connectivity index is 0.00000312. The van der Waals surface area contributed by atoms with Gasteiger partial charge in [-0.05, 0) is 63.3 Å². The Kier molecular flexibility index (Phi) is 14.5. The lowest BCUT2D eigenvalue weighted by atomic mass is 9.94. The Morgan fingerprint density at radius 1 is 1.00 bits per heavy atom. The van der Waals surface area contributed by atoms with Crippen molar-refractivity contribution in [3.63, 3.8) is 0 Å². The van der Waals surface area contributed by atoms with E-state index in [2.05, 4.69) is 24.1 Å². The van der Waals surface area contributed by atoms with Crippen LogP contribution in [0.2, 0.25) is 0 Å². The van der Waals surface area contributed by atoms with Crippen LogP contribution in [0, 0.1) is 5.92 Å². The average Bonchev–Trinajstić information content (AvgIpc) is 2.86. The molecule has 0 aromatic heterocycles. The van der Waals surface area contributed by atoms with E-state index in [9.17, 15) is 5.11 Å². The molecule has 1 fully saturated rings. The summed E-state index contributed by atoms with van der Waals surface area (Å²) < 4.78 is 0. The largest absolute Gasteiger partial charge is 0.387 e. The third-order valence-corrected chi connectivity index (χ3v) is 5.00. The molecule has 2 rings (SSSR count).